The summed E-state index contributed by atoms with van der Waals surface area (Å²) in [7, 11) is 0. The Bertz CT molecular complexity index is 667. The third-order valence-electron chi connectivity index (χ3n) is 3.18. The Balaban J connectivity index is 1.92. The monoisotopic (exact) mass is 332 g/mol. The first-order chi connectivity index (χ1) is 11.0. The Kier molecular flexibility index (Phi) is 5.77. The van der Waals surface area contributed by atoms with Crippen molar-refractivity contribution in [3.8, 4) is 5.75 Å². The molecule has 4 nitrogen and oxygen atoms in total. The van der Waals surface area contributed by atoms with E-state index in [0.717, 1.165) is 0 Å². The maximum atomic E-state index is 12.2. The van der Waals surface area contributed by atoms with Crippen molar-refractivity contribution in [1.82, 2.24) is 0 Å². The number of benzene rings is 2. The van der Waals surface area contributed by atoms with Gasteiger partial charge in [0.2, 0.25) is 5.78 Å². The van der Waals surface area contributed by atoms with Crippen LogP contribution in [0.2, 0.25) is 5.02 Å². The summed E-state index contributed by atoms with van der Waals surface area (Å²) in [5, 5.41) is 0.578. The molecule has 0 fully saturated rings. The second-order valence-corrected chi connectivity index (χ2v) is 5.46. The zero-order chi connectivity index (χ0) is 16.8. The number of rotatable bonds is 6. The number of esters is 1. The predicted molar refractivity (Wildman–Crippen MR) is 87.9 cm³/mol. The van der Waals surface area contributed by atoms with Crippen molar-refractivity contribution < 1.29 is 19.1 Å². The highest BCUT2D eigenvalue weighted by Gasteiger charge is 2.23. The molecule has 0 saturated heterocycles. The van der Waals surface area contributed by atoms with Crippen LogP contribution in [-0.2, 0) is 9.53 Å². The van der Waals surface area contributed by atoms with Crippen molar-refractivity contribution in [2.45, 2.75) is 26.1 Å². The highest BCUT2D eigenvalue weighted by molar-refractivity contribution is 6.30. The van der Waals surface area contributed by atoms with Gasteiger partial charge in [-0.25, -0.2) is 4.79 Å². The minimum absolute atomic E-state index is 0.252. The topological polar surface area (TPSA) is 52.6 Å². The van der Waals surface area contributed by atoms with Crippen molar-refractivity contribution in [1.29, 1.82) is 0 Å². The molecule has 0 aromatic heterocycles. The smallest absolute Gasteiger partial charge is 0.347 e. The minimum Gasteiger partial charge on any atom is -0.479 e. The van der Waals surface area contributed by atoms with Crippen LogP contribution in [0.25, 0.3) is 0 Å². The summed E-state index contributed by atoms with van der Waals surface area (Å²) >= 11 is 5.79. The molecule has 0 aliphatic carbocycles. The molecule has 0 aliphatic heterocycles. The van der Waals surface area contributed by atoms with Crippen LogP contribution in [0.3, 0.4) is 0 Å². The normalized spacial score (nSPS) is 13.0. The first kappa shape index (κ1) is 17.0. The van der Waals surface area contributed by atoms with Gasteiger partial charge in [0, 0.05) is 10.6 Å². The standard InChI is InChI=1S/C18H17ClO4/c1-12(17(20)14-6-4-3-5-7-14)23-18(21)13(2)22-16-10-8-15(19)9-11-16/h3-13H,1-2H3. The zero-order valence-corrected chi connectivity index (χ0v) is 13.6. The Labute approximate surface area is 140 Å². The summed E-state index contributed by atoms with van der Waals surface area (Å²) in [5.74, 6) is -0.352. The summed E-state index contributed by atoms with van der Waals surface area (Å²) in [4.78, 5) is 24.2. The van der Waals surface area contributed by atoms with E-state index >= 15 is 0 Å². The number of Topliss-reactive ketones (excluding diaryl/α,β-unsaturated/α-hetero) is 1. The van der Waals surface area contributed by atoms with Gasteiger partial charge in [0.1, 0.15) is 5.75 Å². The molecule has 2 rings (SSSR count). The molecule has 2 aromatic carbocycles. The van der Waals surface area contributed by atoms with Crippen LogP contribution in [0.1, 0.15) is 24.2 Å². The van der Waals surface area contributed by atoms with E-state index in [2.05, 4.69) is 0 Å². The Morgan fingerprint density at radius 2 is 1.52 bits per heavy atom. The lowest BCUT2D eigenvalue weighted by atomic mass is 10.1. The molecular weight excluding hydrogens is 316 g/mol. The number of halogens is 1. The molecule has 0 heterocycles. The van der Waals surface area contributed by atoms with E-state index in [0.29, 0.717) is 16.3 Å². The van der Waals surface area contributed by atoms with E-state index in [9.17, 15) is 9.59 Å². The van der Waals surface area contributed by atoms with Crippen molar-refractivity contribution in [2.24, 2.45) is 0 Å². The van der Waals surface area contributed by atoms with Crippen LogP contribution in [-0.4, -0.2) is 24.0 Å². The second kappa shape index (κ2) is 7.79. The quantitative estimate of drug-likeness (QED) is 0.594. The molecule has 23 heavy (non-hydrogen) atoms. The van der Waals surface area contributed by atoms with Crippen molar-refractivity contribution in [3.05, 3.63) is 65.2 Å². The Morgan fingerprint density at radius 1 is 0.913 bits per heavy atom. The number of ether oxygens (including phenoxy) is 2. The van der Waals surface area contributed by atoms with E-state index in [1.54, 1.807) is 62.4 Å². The van der Waals surface area contributed by atoms with Gasteiger partial charge in [-0.1, -0.05) is 41.9 Å². The van der Waals surface area contributed by atoms with Crippen molar-refractivity contribution in [2.75, 3.05) is 0 Å². The summed E-state index contributed by atoms with van der Waals surface area (Å²) in [6.07, 6.45) is -1.71. The molecule has 2 unspecified atom stereocenters. The third kappa shape index (κ3) is 4.83. The van der Waals surface area contributed by atoms with E-state index in [1.807, 2.05) is 6.07 Å². The van der Waals surface area contributed by atoms with Crippen LogP contribution >= 0.6 is 11.6 Å². The van der Waals surface area contributed by atoms with Crippen LogP contribution in [0, 0.1) is 0 Å². The lowest BCUT2D eigenvalue weighted by Gasteiger charge is -2.17. The summed E-state index contributed by atoms with van der Waals surface area (Å²) in [5.41, 5.74) is 0.499. The number of hydrogen-bond acceptors (Lipinski definition) is 4. The van der Waals surface area contributed by atoms with E-state index in [1.165, 1.54) is 0 Å². The van der Waals surface area contributed by atoms with E-state index < -0.39 is 18.2 Å². The first-order valence-corrected chi connectivity index (χ1v) is 7.57. The minimum atomic E-state index is -0.874. The molecule has 0 N–H and O–H groups in total. The number of carbonyl (C=O) groups is 2. The molecule has 5 heteroatoms. The molecule has 0 saturated carbocycles. The third-order valence-corrected chi connectivity index (χ3v) is 3.43. The average Bonchev–Trinajstić information content (AvgIpc) is 2.56. The highest BCUT2D eigenvalue weighted by Crippen LogP contribution is 2.17. The van der Waals surface area contributed by atoms with Crippen LogP contribution in [0.5, 0.6) is 5.75 Å². The molecule has 0 aliphatic rings. The summed E-state index contributed by atoms with van der Waals surface area (Å²) in [6, 6.07) is 15.3. The molecule has 0 amide bonds. The predicted octanol–water partition coefficient (Wildman–Crippen LogP) is 3.92. The van der Waals surface area contributed by atoms with E-state index in [-0.39, 0.29) is 5.78 Å². The fourth-order valence-electron chi connectivity index (χ4n) is 1.93. The SMILES string of the molecule is CC(Oc1ccc(Cl)cc1)C(=O)OC(C)C(=O)c1ccccc1. The van der Waals surface area contributed by atoms with Gasteiger partial charge in [-0.15, -0.1) is 0 Å². The van der Waals surface area contributed by atoms with Crippen molar-refractivity contribution in [3.63, 3.8) is 0 Å². The molecule has 0 spiro atoms. The molecule has 0 radical (unpaired) electrons. The average molecular weight is 333 g/mol. The fourth-order valence-corrected chi connectivity index (χ4v) is 2.05. The fraction of sp³-hybridized carbons (Fsp3) is 0.222. The largest absolute Gasteiger partial charge is 0.479 e. The lowest BCUT2D eigenvalue weighted by Crippen LogP contribution is -2.32. The van der Waals surface area contributed by atoms with Gasteiger partial charge in [0.05, 0.1) is 0 Å². The van der Waals surface area contributed by atoms with Crippen LogP contribution in [0.4, 0.5) is 0 Å². The van der Waals surface area contributed by atoms with Crippen LogP contribution in [0.15, 0.2) is 54.6 Å². The molecule has 0 bridgehead atoms. The molecule has 120 valence electrons. The van der Waals surface area contributed by atoms with Crippen LogP contribution < -0.4 is 4.74 Å². The zero-order valence-electron chi connectivity index (χ0n) is 12.9. The Morgan fingerprint density at radius 3 is 2.13 bits per heavy atom. The number of carbonyl (C=O) groups excluding carboxylic acids is 2. The summed E-state index contributed by atoms with van der Waals surface area (Å²) < 4.78 is 10.7. The van der Waals surface area contributed by atoms with Gasteiger partial charge in [-0.3, -0.25) is 4.79 Å². The lowest BCUT2D eigenvalue weighted by molar-refractivity contribution is -0.153. The second-order valence-electron chi connectivity index (χ2n) is 5.02. The van der Waals surface area contributed by atoms with Gasteiger partial charge < -0.3 is 9.47 Å². The number of hydrogen-bond donors (Lipinski definition) is 0. The van der Waals surface area contributed by atoms with Gasteiger partial charge >= 0.3 is 5.97 Å². The van der Waals surface area contributed by atoms with Gasteiger partial charge in [0.15, 0.2) is 12.2 Å². The van der Waals surface area contributed by atoms with Gasteiger partial charge in [0.25, 0.3) is 0 Å². The van der Waals surface area contributed by atoms with Gasteiger partial charge in [-0.2, -0.15) is 0 Å². The number of ketones is 1. The maximum absolute atomic E-state index is 12.2. The summed E-state index contributed by atoms with van der Waals surface area (Å²) in [6.45, 7) is 3.11. The molecule has 2 aromatic rings. The van der Waals surface area contributed by atoms with Gasteiger partial charge in [-0.05, 0) is 38.1 Å². The highest BCUT2D eigenvalue weighted by atomic mass is 35.5. The molecular formula is C18H17ClO4. The van der Waals surface area contributed by atoms with E-state index in [4.69, 9.17) is 21.1 Å². The molecule has 2 atom stereocenters. The maximum Gasteiger partial charge on any atom is 0.347 e. The Hall–Kier alpha value is -2.33. The first-order valence-electron chi connectivity index (χ1n) is 7.19. The van der Waals surface area contributed by atoms with Crippen molar-refractivity contribution >= 4 is 23.4 Å².